The topological polar surface area (TPSA) is 60.9 Å². The maximum Gasteiger partial charge on any atom is 0.157 e. The first-order valence-electron chi connectivity index (χ1n) is 9.68. The number of imidazole rings is 1. The van der Waals surface area contributed by atoms with Crippen LogP contribution in [0.15, 0.2) is 54.9 Å². The SMILES string of the molecule is CN1CCN(c2ccc3nc(-c4ccc(-c5ncccc5Cl)cn4)[nH]c3c2)CC1. The number of aromatic nitrogens is 4. The van der Waals surface area contributed by atoms with Gasteiger partial charge in [0.05, 0.1) is 21.7 Å². The van der Waals surface area contributed by atoms with Crippen molar-refractivity contribution in [1.82, 2.24) is 24.8 Å². The number of aromatic amines is 1. The van der Waals surface area contributed by atoms with Crippen molar-refractivity contribution in [3.8, 4) is 22.8 Å². The molecule has 1 N–H and O–H groups in total. The van der Waals surface area contributed by atoms with E-state index in [-0.39, 0.29) is 0 Å². The van der Waals surface area contributed by atoms with Gasteiger partial charge in [-0.25, -0.2) is 4.98 Å². The van der Waals surface area contributed by atoms with Crippen LogP contribution in [0.3, 0.4) is 0 Å². The van der Waals surface area contributed by atoms with E-state index in [4.69, 9.17) is 16.6 Å². The van der Waals surface area contributed by atoms with E-state index in [2.05, 4.69) is 50.0 Å². The van der Waals surface area contributed by atoms with E-state index in [1.54, 1.807) is 12.4 Å². The number of piperazine rings is 1. The van der Waals surface area contributed by atoms with Gasteiger partial charge in [-0.1, -0.05) is 11.6 Å². The zero-order chi connectivity index (χ0) is 19.8. The molecule has 0 bridgehead atoms. The zero-order valence-corrected chi connectivity index (χ0v) is 16.9. The van der Waals surface area contributed by atoms with Crippen molar-refractivity contribution in [2.24, 2.45) is 0 Å². The number of pyridine rings is 2. The number of rotatable bonds is 3. The highest BCUT2D eigenvalue weighted by Gasteiger charge is 2.15. The maximum atomic E-state index is 6.24. The Labute approximate surface area is 174 Å². The monoisotopic (exact) mass is 404 g/mol. The summed E-state index contributed by atoms with van der Waals surface area (Å²) < 4.78 is 0. The van der Waals surface area contributed by atoms with Crippen molar-refractivity contribution in [2.75, 3.05) is 38.1 Å². The van der Waals surface area contributed by atoms with Crippen molar-refractivity contribution < 1.29 is 0 Å². The molecule has 1 fully saturated rings. The molecule has 1 aliphatic rings. The Morgan fingerprint density at radius 2 is 1.86 bits per heavy atom. The first-order valence-corrected chi connectivity index (χ1v) is 10.1. The van der Waals surface area contributed by atoms with Gasteiger partial charge in [0, 0.05) is 49.8 Å². The van der Waals surface area contributed by atoms with Crippen LogP contribution in [0.25, 0.3) is 33.8 Å². The summed E-state index contributed by atoms with van der Waals surface area (Å²) in [7, 11) is 2.17. The van der Waals surface area contributed by atoms with Gasteiger partial charge in [0.25, 0.3) is 0 Å². The summed E-state index contributed by atoms with van der Waals surface area (Å²) in [5.41, 5.74) is 5.60. The van der Waals surface area contributed by atoms with Gasteiger partial charge < -0.3 is 14.8 Å². The predicted octanol–water partition coefficient (Wildman–Crippen LogP) is 4.09. The smallest absolute Gasteiger partial charge is 0.157 e. The fourth-order valence-electron chi connectivity index (χ4n) is 3.65. The molecule has 0 amide bonds. The van der Waals surface area contributed by atoms with Crippen LogP contribution in [0.5, 0.6) is 0 Å². The summed E-state index contributed by atoms with van der Waals surface area (Å²) in [6.45, 7) is 4.26. The summed E-state index contributed by atoms with van der Waals surface area (Å²) in [4.78, 5) is 21.8. The third kappa shape index (κ3) is 3.57. The highest BCUT2D eigenvalue weighted by molar-refractivity contribution is 6.33. The molecule has 146 valence electrons. The van der Waals surface area contributed by atoms with Gasteiger partial charge in [-0.15, -0.1) is 0 Å². The number of H-pyrrole nitrogens is 1. The minimum absolute atomic E-state index is 0.613. The van der Waals surface area contributed by atoms with Crippen LogP contribution in [0.1, 0.15) is 0 Å². The number of fused-ring (bicyclic) bond motifs is 1. The second-order valence-electron chi connectivity index (χ2n) is 7.34. The second-order valence-corrected chi connectivity index (χ2v) is 7.75. The fourth-order valence-corrected chi connectivity index (χ4v) is 3.88. The van der Waals surface area contributed by atoms with Crippen LogP contribution >= 0.6 is 11.6 Å². The van der Waals surface area contributed by atoms with Gasteiger partial charge in [-0.2, -0.15) is 0 Å². The number of halogens is 1. The van der Waals surface area contributed by atoms with Crippen LogP contribution in [0.4, 0.5) is 5.69 Å². The first-order chi connectivity index (χ1) is 14.2. The third-order valence-corrected chi connectivity index (χ3v) is 5.68. The third-order valence-electron chi connectivity index (χ3n) is 5.37. The van der Waals surface area contributed by atoms with E-state index >= 15 is 0 Å². The largest absolute Gasteiger partial charge is 0.369 e. The number of benzene rings is 1. The fraction of sp³-hybridized carbons (Fsp3) is 0.227. The maximum absolute atomic E-state index is 6.24. The quantitative estimate of drug-likeness (QED) is 0.557. The molecule has 0 aliphatic carbocycles. The molecule has 1 aromatic carbocycles. The van der Waals surface area contributed by atoms with Gasteiger partial charge >= 0.3 is 0 Å². The summed E-state index contributed by atoms with van der Waals surface area (Å²) >= 11 is 6.24. The number of nitrogens with one attached hydrogen (secondary N) is 1. The average Bonchev–Trinajstić information content (AvgIpc) is 3.18. The standard InChI is InChI=1S/C22H21ClN6/c1-28-9-11-29(12-10-28)16-5-7-18-20(13-16)27-22(26-18)19-6-4-15(14-25-19)21-17(23)3-2-8-24-21/h2-8,13-14H,9-12H2,1H3,(H,26,27). The minimum atomic E-state index is 0.613. The number of hydrogen-bond donors (Lipinski definition) is 1. The predicted molar refractivity (Wildman–Crippen MR) is 117 cm³/mol. The van der Waals surface area contributed by atoms with Crippen molar-refractivity contribution in [3.63, 3.8) is 0 Å². The molecule has 4 aromatic rings. The lowest BCUT2D eigenvalue weighted by molar-refractivity contribution is 0.313. The number of likely N-dealkylation sites (N-methyl/N-ethyl adjacent to an activating group) is 1. The van der Waals surface area contributed by atoms with Crippen LogP contribution in [0, 0.1) is 0 Å². The summed E-state index contributed by atoms with van der Waals surface area (Å²) in [5, 5.41) is 0.613. The molecule has 6 nitrogen and oxygen atoms in total. The normalized spacial score (nSPS) is 15.2. The average molecular weight is 405 g/mol. The lowest BCUT2D eigenvalue weighted by Crippen LogP contribution is -2.44. The van der Waals surface area contributed by atoms with Crippen molar-refractivity contribution in [2.45, 2.75) is 0 Å². The molecule has 1 saturated heterocycles. The van der Waals surface area contributed by atoms with Gasteiger partial charge in [-0.05, 0) is 49.5 Å². The van der Waals surface area contributed by atoms with Gasteiger partial charge in [0.15, 0.2) is 5.82 Å². The molecule has 0 atom stereocenters. The van der Waals surface area contributed by atoms with E-state index in [9.17, 15) is 0 Å². The van der Waals surface area contributed by atoms with E-state index in [0.717, 1.165) is 60.0 Å². The molecular formula is C22H21ClN6. The number of anilines is 1. The molecule has 3 aromatic heterocycles. The molecule has 29 heavy (non-hydrogen) atoms. The highest BCUT2D eigenvalue weighted by Crippen LogP contribution is 2.27. The molecule has 7 heteroatoms. The molecular weight excluding hydrogens is 384 g/mol. The zero-order valence-electron chi connectivity index (χ0n) is 16.1. The van der Waals surface area contributed by atoms with Crippen LogP contribution in [0.2, 0.25) is 5.02 Å². The minimum Gasteiger partial charge on any atom is -0.369 e. The molecule has 0 saturated carbocycles. The Bertz CT molecular complexity index is 1150. The van der Waals surface area contributed by atoms with Crippen molar-refractivity contribution in [3.05, 3.63) is 59.9 Å². The van der Waals surface area contributed by atoms with E-state index in [0.29, 0.717) is 5.02 Å². The lowest BCUT2D eigenvalue weighted by atomic mass is 10.2. The number of nitrogens with zero attached hydrogens (tertiary/aromatic N) is 5. The summed E-state index contributed by atoms with van der Waals surface area (Å²) in [5.74, 6) is 0.759. The van der Waals surface area contributed by atoms with Crippen molar-refractivity contribution in [1.29, 1.82) is 0 Å². The Kier molecular flexibility index (Phi) is 4.66. The van der Waals surface area contributed by atoms with E-state index in [1.807, 2.05) is 24.3 Å². The first kappa shape index (κ1) is 18.1. The lowest BCUT2D eigenvalue weighted by Gasteiger charge is -2.34. The Morgan fingerprint density at radius 3 is 2.62 bits per heavy atom. The van der Waals surface area contributed by atoms with Gasteiger partial charge in [0.1, 0.15) is 5.69 Å². The Balaban J connectivity index is 1.42. The van der Waals surface area contributed by atoms with Crippen molar-refractivity contribution >= 4 is 28.3 Å². The summed E-state index contributed by atoms with van der Waals surface area (Å²) in [6.07, 6.45) is 3.51. The summed E-state index contributed by atoms with van der Waals surface area (Å²) in [6, 6.07) is 14.0. The van der Waals surface area contributed by atoms with E-state index < -0.39 is 0 Å². The van der Waals surface area contributed by atoms with E-state index in [1.165, 1.54) is 5.69 Å². The second kappa shape index (κ2) is 7.46. The van der Waals surface area contributed by atoms with Crippen LogP contribution in [-0.4, -0.2) is 58.1 Å². The molecule has 0 unspecified atom stereocenters. The van der Waals surface area contributed by atoms with Gasteiger partial charge in [-0.3, -0.25) is 9.97 Å². The number of hydrogen-bond acceptors (Lipinski definition) is 5. The van der Waals surface area contributed by atoms with Gasteiger partial charge in [0.2, 0.25) is 0 Å². The molecule has 0 spiro atoms. The highest BCUT2D eigenvalue weighted by atomic mass is 35.5. The van der Waals surface area contributed by atoms with Crippen LogP contribution < -0.4 is 4.90 Å². The molecule has 0 radical (unpaired) electrons. The molecule has 4 heterocycles. The Morgan fingerprint density at radius 1 is 1.00 bits per heavy atom. The van der Waals surface area contributed by atoms with Crippen LogP contribution in [-0.2, 0) is 0 Å². The molecule has 5 rings (SSSR count). The Hall–Kier alpha value is -2.96. The molecule has 1 aliphatic heterocycles.